The van der Waals surface area contributed by atoms with Gasteiger partial charge in [-0.15, -0.1) is 0 Å². The first-order valence-corrected chi connectivity index (χ1v) is 7.78. The molecule has 1 heterocycles. The fourth-order valence-electron chi connectivity index (χ4n) is 2.65. The van der Waals surface area contributed by atoms with Gasteiger partial charge in [-0.3, -0.25) is 4.79 Å². The lowest BCUT2D eigenvalue weighted by Gasteiger charge is -2.18. The number of Topliss-reactive ketones (excluding diaryl/α,β-unsaturated/α-hetero) is 1. The zero-order valence-corrected chi connectivity index (χ0v) is 14.0. The van der Waals surface area contributed by atoms with Gasteiger partial charge in [-0.1, -0.05) is 19.1 Å². The van der Waals surface area contributed by atoms with Crippen LogP contribution in [-0.4, -0.2) is 26.3 Å². The second-order valence-corrected chi connectivity index (χ2v) is 5.73. The molecule has 5 heteroatoms. The Morgan fingerprint density at radius 3 is 2.46 bits per heavy atom. The lowest BCUT2D eigenvalue weighted by atomic mass is 9.92. The average Bonchev–Trinajstić information content (AvgIpc) is 3.05. The first kappa shape index (κ1) is 16.2. The van der Waals surface area contributed by atoms with E-state index in [1.807, 2.05) is 30.3 Å². The van der Waals surface area contributed by atoms with Gasteiger partial charge in [0.2, 0.25) is 6.79 Å². The smallest absolute Gasteiger partial charge is 0.231 e. The van der Waals surface area contributed by atoms with Crippen LogP contribution in [0.2, 0.25) is 0 Å². The molecule has 0 bridgehead atoms. The molecule has 3 rings (SSSR count). The number of benzene rings is 2. The van der Waals surface area contributed by atoms with Gasteiger partial charge in [0, 0.05) is 17.5 Å². The molecule has 1 aliphatic rings. The molecule has 0 saturated carbocycles. The van der Waals surface area contributed by atoms with Crippen molar-refractivity contribution in [1.82, 2.24) is 0 Å². The number of methoxy groups -OCH3 is 1. The highest BCUT2D eigenvalue weighted by Crippen LogP contribution is 2.42. The Morgan fingerprint density at radius 1 is 1.17 bits per heavy atom. The van der Waals surface area contributed by atoms with Crippen LogP contribution in [0.25, 0.3) is 0 Å². The highest BCUT2D eigenvalue weighted by molar-refractivity contribution is 5.77. The van der Waals surface area contributed by atoms with Crippen LogP contribution < -0.4 is 18.9 Å². The van der Waals surface area contributed by atoms with Crippen LogP contribution >= 0.6 is 0 Å². The maximum atomic E-state index is 11.3. The first-order valence-electron chi connectivity index (χ1n) is 7.78. The van der Waals surface area contributed by atoms with Crippen LogP contribution in [0, 0.1) is 0 Å². The number of rotatable bonds is 6. The van der Waals surface area contributed by atoms with Gasteiger partial charge >= 0.3 is 0 Å². The molecule has 1 aliphatic heterocycles. The summed E-state index contributed by atoms with van der Waals surface area (Å²) >= 11 is 0. The van der Waals surface area contributed by atoms with Gasteiger partial charge in [-0.25, -0.2) is 0 Å². The molecule has 2 aromatic carbocycles. The van der Waals surface area contributed by atoms with Crippen molar-refractivity contribution in [3.8, 4) is 23.0 Å². The van der Waals surface area contributed by atoms with E-state index in [2.05, 4.69) is 6.92 Å². The Morgan fingerprint density at radius 2 is 1.83 bits per heavy atom. The predicted octanol–water partition coefficient (Wildman–Crippen LogP) is 3.54. The summed E-state index contributed by atoms with van der Waals surface area (Å²) in [5, 5.41) is 0. The summed E-state index contributed by atoms with van der Waals surface area (Å²) in [6.07, 6.45) is 0. The molecular weight excluding hydrogens is 308 g/mol. The van der Waals surface area contributed by atoms with Crippen LogP contribution in [0.5, 0.6) is 23.0 Å². The predicted molar refractivity (Wildman–Crippen MR) is 89.3 cm³/mol. The van der Waals surface area contributed by atoms with E-state index in [0.29, 0.717) is 17.2 Å². The molecule has 2 aromatic rings. The summed E-state index contributed by atoms with van der Waals surface area (Å²) in [5.41, 5.74) is 2.06. The molecule has 0 spiro atoms. The monoisotopic (exact) mass is 328 g/mol. The molecule has 5 nitrogen and oxygen atoms in total. The van der Waals surface area contributed by atoms with Gasteiger partial charge in [-0.2, -0.15) is 0 Å². The number of fused-ring (bicyclic) bond motifs is 1. The molecule has 24 heavy (non-hydrogen) atoms. The lowest BCUT2D eigenvalue weighted by Crippen LogP contribution is -2.09. The van der Waals surface area contributed by atoms with Crippen molar-refractivity contribution in [2.45, 2.75) is 19.8 Å². The second kappa shape index (κ2) is 6.83. The van der Waals surface area contributed by atoms with E-state index in [4.69, 9.17) is 18.9 Å². The quantitative estimate of drug-likeness (QED) is 0.812. The van der Waals surface area contributed by atoms with Crippen molar-refractivity contribution in [3.63, 3.8) is 0 Å². The molecule has 0 aromatic heterocycles. The van der Waals surface area contributed by atoms with Crippen molar-refractivity contribution in [1.29, 1.82) is 0 Å². The Balaban J connectivity index is 1.95. The van der Waals surface area contributed by atoms with E-state index in [9.17, 15) is 4.79 Å². The number of carbonyl (C=O) groups is 1. The standard InChI is InChI=1S/C19H20O5/c1-12(20)10-22-17-9-19-18(23-11-24-19)8-16(17)13(2)14-4-6-15(21-3)7-5-14/h4-9,13H,10-11H2,1-3H3/t13-/m1/s1. The molecule has 0 saturated heterocycles. The first-order chi connectivity index (χ1) is 11.6. The van der Waals surface area contributed by atoms with Crippen LogP contribution in [0.1, 0.15) is 30.9 Å². The van der Waals surface area contributed by atoms with Gasteiger partial charge in [0.05, 0.1) is 7.11 Å². The maximum absolute atomic E-state index is 11.3. The summed E-state index contributed by atoms with van der Waals surface area (Å²) < 4.78 is 21.8. The molecule has 0 aliphatic carbocycles. The number of ether oxygens (including phenoxy) is 4. The van der Waals surface area contributed by atoms with Crippen molar-refractivity contribution in [2.75, 3.05) is 20.5 Å². The summed E-state index contributed by atoms with van der Waals surface area (Å²) in [7, 11) is 1.64. The van der Waals surface area contributed by atoms with Gasteiger partial charge in [-0.05, 0) is 30.7 Å². The average molecular weight is 328 g/mol. The maximum Gasteiger partial charge on any atom is 0.231 e. The Kier molecular flexibility index (Phi) is 4.60. The summed E-state index contributed by atoms with van der Waals surface area (Å²) in [4.78, 5) is 11.3. The number of ketones is 1. The van der Waals surface area contributed by atoms with E-state index in [-0.39, 0.29) is 25.1 Å². The van der Waals surface area contributed by atoms with E-state index >= 15 is 0 Å². The van der Waals surface area contributed by atoms with E-state index < -0.39 is 0 Å². The van der Waals surface area contributed by atoms with Gasteiger partial charge < -0.3 is 18.9 Å². The molecule has 0 unspecified atom stereocenters. The van der Waals surface area contributed by atoms with Gasteiger partial charge in [0.1, 0.15) is 18.1 Å². The summed E-state index contributed by atoms with van der Waals surface area (Å²) in [6.45, 7) is 3.81. The molecule has 126 valence electrons. The highest BCUT2D eigenvalue weighted by Gasteiger charge is 2.22. The second-order valence-electron chi connectivity index (χ2n) is 5.73. The largest absolute Gasteiger partial charge is 0.497 e. The third kappa shape index (κ3) is 3.30. The van der Waals surface area contributed by atoms with Crippen molar-refractivity contribution in [3.05, 3.63) is 47.5 Å². The SMILES string of the molecule is COc1ccc([C@@H](C)c2cc3c(cc2OCC(C)=O)OCO3)cc1. The minimum Gasteiger partial charge on any atom is -0.497 e. The van der Waals surface area contributed by atoms with Crippen LogP contribution in [0.4, 0.5) is 0 Å². The fraction of sp³-hybridized carbons (Fsp3) is 0.316. The third-order valence-corrected chi connectivity index (χ3v) is 4.02. The Labute approximate surface area is 141 Å². The minimum absolute atomic E-state index is 0.0297. The topological polar surface area (TPSA) is 54.0 Å². The van der Waals surface area contributed by atoms with E-state index in [1.54, 1.807) is 13.2 Å². The molecule has 0 N–H and O–H groups in total. The number of carbonyl (C=O) groups excluding carboxylic acids is 1. The number of hydrogen-bond donors (Lipinski definition) is 0. The lowest BCUT2D eigenvalue weighted by molar-refractivity contribution is -0.118. The zero-order valence-electron chi connectivity index (χ0n) is 14.0. The highest BCUT2D eigenvalue weighted by atomic mass is 16.7. The van der Waals surface area contributed by atoms with Crippen molar-refractivity contribution >= 4 is 5.78 Å². The number of hydrogen-bond acceptors (Lipinski definition) is 5. The van der Waals surface area contributed by atoms with Crippen LogP contribution in [-0.2, 0) is 4.79 Å². The molecule has 0 fully saturated rings. The minimum atomic E-state index is -0.0317. The van der Waals surface area contributed by atoms with Crippen LogP contribution in [0.15, 0.2) is 36.4 Å². The molecule has 0 radical (unpaired) electrons. The Hall–Kier alpha value is -2.69. The van der Waals surface area contributed by atoms with E-state index in [0.717, 1.165) is 16.9 Å². The van der Waals surface area contributed by atoms with Crippen LogP contribution in [0.3, 0.4) is 0 Å². The third-order valence-electron chi connectivity index (χ3n) is 4.02. The van der Waals surface area contributed by atoms with E-state index in [1.165, 1.54) is 6.92 Å². The van der Waals surface area contributed by atoms with Crippen molar-refractivity contribution in [2.24, 2.45) is 0 Å². The fourth-order valence-corrected chi connectivity index (χ4v) is 2.65. The van der Waals surface area contributed by atoms with Crippen molar-refractivity contribution < 1.29 is 23.7 Å². The van der Waals surface area contributed by atoms with Gasteiger partial charge in [0.15, 0.2) is 17.3 Å². The normalized spacial score (nSPS) is 13.5. The zero-order chi connectivity index (χ0) is 17.1. The van der Waals surface area contributed by atoms with Gasteiger partial charge in [0.25, 0.3) is 0 Å². The molecule has 1 atom stereocenters. The molecular formula is C19H20O5. The molecule has 0 amide bonds. The Bertz CT molecular complexity index is 736. The summed E-state index contributed by atoms with van der Waals surface area (Å²) in [5.74, 6) is 2.81. The summed E-state index contributed by atoms with van der Waals surface area (Å²) in [6, 6.07) is 11.6.